The maximum absolute atomic E-state index is 11.2. The number of benzene rings is 1. The number of halogens is 2. The van der Waals surface area contributed by atoms with Gasteiger partial charge in [-0.25, -0.2) is 0 Å². The molecule has 2 N–H and O–H groups in total. The maximum atomic E-state index is 11.2. The average molecular weight is 302 g/mol. The number of hydrogen-bond acceptors (Lipinski definition) is 3. The van der Waals surface area contributed by atoms with Crippen molar-refractivity contribution in [1.82, 2.24) is 9.97 Å². The van der Waals surface area contributed by atoms with Gasteiger partial charge in [0.1, 0.15) is 5.82 Å². The lowest BCUT2D eigenvalue weighted by Crippen LogP contribution is -2.06. The first-order chi connectivity index (χ1) is 7.56. The van der Waals surface area contributed by atoms with Gasteiger partial charge in [0.15, 0.2) is 0 Å². The van der Waals surface area contributed by atoms with Gasteiger partial charge >= 0.3 is 0 Å². The van der Waals surface area contributed by atoms with Crippen LogP contribution >= 0.6 is 27.5 Å². The van der Waals surface area contributed by atoms with Crippen LogP contribution < -0.4 is 5.56 Å². The van der Waals surface area contributed by atoms with Gasteiger partial charge in [-0.1, -0.05) is 27.5 Å². The molecule has 0 amide bonds. The summed E-state index contributed by atoms with van der Waals surface area (Å²) in [5.74, 6) is -0.0970. The fourth-order valence-corrected chi connectivity index (χ4v) is 2.02. The fourth-order valence-electron chi connectivity index (χ4n) is 1.25. The topological polar surface area (TPSA) is 66.0 Å². The molecule has 0 aliphatic carbocycles. The van der Waals surface area contributed by atoms with Crippen molar-refractivity contribution >= 4 is 27.5 Å². The molecule has 0 unspecified atom stereocenters. The molecule has 0 atom stereocenters. The number of H-pyrrole nitrogens is 1. The van der Waals surface area contributed by atoms with Crippen LogP contribution in [0.25, 0.3) is 11.4 Å². The molecular formula is C10H6BrClN2O2. The van der Waals surface area contributed by atoms with Crippen LogP contribution in [0.4, 0.5) is 0 Å². The Hall–Kier alpha value is -1.33. The molecule has 16 heavy (non-hydrogen) atoms. The number of hydrogen-bond donors (Lipinski definition) is 2. The molecule has 0 saturated carbocycles. The Balaban J connectivity index is 2.63. The number of rotatable bonds is 1. The smallest absolute Gasteiger partial charge is 0.254 e. The van der Waals surface area contributed by atoms with Crippen LogP contribution in [0.3, 0.4) is 0 Å². The number of aromatic hydroxyl groups is 1. The van der Waals surface area contributed by atoms with Gasteiger partial charge in [0.2, 0.25) is 5.88 Å². The quantitative estimate of drug-likeness (QED) is 0.850. The fraction of sp³-hybridized carbons (Fsp3) is 0. The number of aromatic nitrogens is 2. The van der Waals surface area contributed by atoms with Gasteiger partial charge in [0.25, 0.3) is 5.56 Å². The van der Waals surface area contributed by atoms with E-state index in [0.717, 1.165) is 10.5 Å². The van der Waals surface area contributed by atoms with Crippen molar-refractivity contribution in [3.8, 4) is 17.3 Å². The molecule has 0 spiro atoms. The summed E-state index contributed by atoms with van der Waals surface area (Å²) in [7, 11) is 0. The lowest BCUT2D eigenvalue weighted by atomic mass is 10.2. The largest absolute Gasteiger partial charge is 0.493 e. The summed E-state index contributed by atoms with van der Waals surface area (Å²) in [4.78, 5) is 17.4. The minimum atomic E-state index is -0.429. The van der Waals surface area contributed by atoms with Crippen LogP contribution in [-0.4, -0.2) is 15.1 Å². The highest BCUT2D eigenvalue weighted by molar-refractivity contribution is 9.10. The molecule has 1 heterocycles. The Labute approximate surface area is 104 Å². The van der Waals surface area contributed by atoms with Gasteiger partial charge in [0.05, 0.1) is 11.1 Å². The first-order valence-corrected chi connectivity index (χ1v) is 5.49. The minimum Gasteiger partial charge on any atom is -0.493 e. The Bertz CT molecular complexity index is 598. The zero-order valence-corrected chi connectivity index (χ0v) is 10.2. The third kappa shape index (κ3) is 2.25. The summed E-state index contributed by atoms with van der Waals surface area (Å²) in [6, 6.07) is 6.15. The molecule has 0 fully saturated rings. The van der Waals surface area contributed by atoms with E-state index in [9.17, 15) is 9.90 Å². The van der Waals surface area contributed by atoms with E-state index in [-0.39, 0.29) is 11.7 Å². The van der Waals surface area contributed by atoms with Crippen LogP contribution in [0.5, 0.6) is 5.88 Å². The summed E-state index contributed by atoms with van der Waals surface area (Å²) >= 11 is 9.27. The number of aromatic amines is 1. The first kappa shape index (κ1) is 11.2. The summed E-state index contributed by atoms with van der Waals surface area (Å²) in [6.07, 6.45) is 0. The second-order valence-electron chi connectivity index (χ2n) is 3.08. The monoisotopic (exact) mass is 300 g/mol. The highest BCUT2D eigenvalue weighted by Gasteiger charge is 2.07. The molecule has 0 saturated heterocycles. The van der Waals surface area contributed by atoms with E-state index in [4.69, 9.17) is 11.6 Å². The third-order valence-electron chi connectivity index (χ3n) is 1.91. The van der Waals surface area contributed by atoms with Gasteiger partial charge in [-0.15, -0.1) is 0 Å². The van der Waals surface area contributed by atoms with Crippen LogP contribution in [-0.2, 0) is 0 Å². The van der Waals surface area contributed by atoms with E-state index in [1.54, 1.807) is 18.2 Å². The van der Waals surface area contributed by atoms with Crippen molar-refractivity contribution in [2.24, 2.45) is 0 Å². The summed E-state index contributed by atoms with van der Waals surface area (Å²) in [5, 5.41) is 9.65. The number of nitrogens with one attached hydrogen (secondary N) is 1. The molecule has 2 aromatic rings. The van der Waals surface area contributed by atoms with Crippen LogP contribution in [0, 0.1) is 0 Å². The Kier molecular flexibility index (Phi) is 2.98. The molecule has 6 heteroatoms. The van der Waals surface area contributed by atoms with E-state index < -0.39 is 5.56 Å². The normalized spacial score (nSPS) is 10.4. The van der Waals surface area contributed by atoms with Gasteiger partial charge in [-0.05, 0) is 18.2 Å². The van der Waals surface area contributed by atoms with Gasteiger partial charge in [0, 0.05) is 10.0 Å². The predicted octanol–water partition coefficient (Wildman–Crippen LogP) is 2.56. The van der Waals surface area contributed by atoms with Crippen molar-refractivity contribution in [3.05, 3.63) is 44.1 Å². The van der Waals surface area contributed by atoms with Gasteiger partial charge < -0.3 is 10.1 Å². The molecule has 0 aliphatic rings. The lowest BCUT2D eigenvalue weighted by Gasteiger charge is -2.03. The Morgan fingerprint density at radius 1 is 1.38 bits per heavy atom. The molecule has 82 valence electrons. The minimum absolute atomic E-state index is 0.238. The van der Waals surface area contributed by atoms with Crippen LogP contribution in [0.2, 0.25) is 5.02 Å². The molecule has 4 nitrogen and oxygen atoms in total. The maximum Gasteiger partial charge on any atom is 0.254 e. The molecule has 0 radical (unpaired) electrons. The van der Waals surface area contributed by atoms with E-state index >= 15 is 0 Å². The average Bonchev–Trinajstić information content (AvgIpc) is 2.15. The third-order valence-corrected chi connectivity index (χ3v) is 2.72. The second kappa shape index (κ2) is 4.27. The summed E-state index contributed by atoms with van der Waals surface area (Å²) in [5.41, 5.74) is 0.124. The molecule has 0 aliphatic heterocycles. The molecule has 0 bridgehead atoms. The zero-order chi connectivity index (χ0) is 11.7. The highest BCUT2D eigenvalue weighted by atomic mass is 79.9. The van der Waals surface area contributed by atoms with Crippen molar-refractivity contribution in [3.63, 3.8) is 0 Å². The highest BCUT2D eigenvalue weighted by Crippen LogP contribution is 2.28. The molecule has 1 aromatic heterocycles. The first-order valence-electron chi connectivity index (χ1n) is 4.32. The summed E-state index contributed by atoms with van der Waals surface area (Å²) in [6.45, 7) is 0. The Morgan fingerprint density at radius 2 is 2.12 bits per heavy atom. The Morgan fingerprint density at radius 3 is 2.75 bits per heavy atom. The van der Waals surface area contributed by atoms with E-state index in [2.05, 4.69) is 25.9 Å². The van der Waals surface area contributed by atoms with Crippen LogP contribution in [0.1, 0.15) is 0 Å². The second-order valence-corrected chi connectivity index (χ2v) is 4.40. The van der Waals surface area contributed by atoms with Gasteiger partial charge in [-0.2, -0.15) is 4.98 Å². The van der Waals surface area contributed by atoms with E-state index in [1.165, 1.54) is 0 Å². The molecule has 1 aromatic carbocycles. The van der Waals surface area contributed by atoms with Crippen molar-refractivity contribution in [2.75, 3.05) is 0 Å². The van der Waals surface area contributed by atoms with E-state index in [0.29, 0.717) is 10.6 Å². The van der Waals surface area contributed by atoms with Crippen molar-refractivity contribution < 1.29 is 5.11 Å². The van der Waals surface area contributed by atoms with Crippen molar-refractivity contribution in [2.45, 2.75) is 0 Å². The van der Waals surface area contributed by atoms with Crippen LogP contribution in [0.15, 0.2) is 33.5 Å². The van der Waals surface area contributed by atoms with E-state index in [1.807, 2.05) is 0 Å². The SMILES string of the molecule is O=c1cc(O)nc(-c2ccc(Br)cc2Cl)[nH]1. The lowest BCUT2D eigenvalue weighted by molar-refractivity contribution is 0.452. The predicted molar refractivity (Wildman–Crippen MR) is 64.7 cm³/mol. The molecular weight excluding hydrogens is 295 g/mol. The van der Waals surface area contributed by atoms with Crippen molar-refractivity contribution in [1.29, 1.82) is 0 Å². The van der Waals surface area contributed by atoms with Gasteiger partial charge in [-0.3, -0.25) is 4.79 Å². The standard InChI is InChI=1S/C10H6BrClN2O2/c11-5-1-2-6(7(12)3-5)10-13-8(15)4-9(16)14-10/h1-4H,(H2,13,14,15,16). The number of nitrogens with zero attached hydrogens (tertiary/aromatic N) is 1. The zero-order valence-electron chi connectivity index (χ0n) is 7.87. The molecule has 2 rings (SSSR count). The summed E-state index contributed by atoms with van der Waals surface area (Å²) < 4.78 is 0.823.